The Balaban J connectivity index is 0. The molecule has 0 unspecified atom stereocenters. The van der Waals surface area contributed by atoms with E-state index in [0.717, 1.165) is 18.5 Å². The fourth-order valence-corrected chi connectivity index (χ4v) is 5.23. The summed E-state index contributed by atoms with van der Waals surface area (Å²) >= 11 is 3.57. The second kappa shape index (κ2) is 17.1. The van der Waals surface area contributed by atoms with E-state index in [-0.39, 0.29) is 0 Å². The van der Waals surface area contributed by atoms with Gasteiger partial charge in [0.15, 0.2) is 0 Å². The number of hydrogen-bond acceptors (Lipinski definition) is 5. The third kappa shape index (κ3) is 25.1. The molecule has 0 atom stereocenters. The van der Waals surface area contributed by atoms with Gasteiger partial charge in [-0.1, -0.05) is 27.7 Å². The molecule has 0 aromatic carbocycles. The summed E-state index contributed by atoms with van der Waals surface area (Å²) in [5, 5.41) is 19.7. The van der Waals surface area contributed by atoms with Crippen LogP contribution in [0.3, 0.4) is 0 Å². The monoisotopic (exact) mass is 305 g/mol. The summed E-state index contributed by atoms with van der Waals surface area (Å²) < 4.78 is 0. The average Bonchev–Trinajstić information content (AvgIpc) is 2.27. The first kappa shape index (κ1) is 20.4. The van der Waals surface area contributed by atoms with Crippen LogP contribution < -0.4 is 5.32 Å². The van der Waals surface area contributed by atoms with Gasteiger partial charge >= 0.3 is 0 Å². The molecule has 0 radical (unpaired) electrons. The zero-order valence-electron chi connectivity index (χ0n) is 11.7. The normalized spacial score (nSPS) is 9.56. The van der Waals surface area contributed by atoms with Crippen LogP contribution >= 0.6 is 29.7 Å². The lowest BCUT2D eigenvalue weighted by Crippen LogP contribution is -2.29. The summed E-state index contributed by atoms with van der Waals surface area (Å²) in [4.78, 5) is 0. The minimum absolute atomic E-state index is 0.625. The molecular weight excluding hydrogens is 281 g/mol. The first-order valence-electron chi connectivity index (χ1n) is 6.03. The smallest absolute Gasteiger partial charge is 0.0630 e. The minimum atomic E-state index is 0.625. The van der Waals surface area contributed by atoms with Crippen molar-refractivity contribution < 1.29 is 0 Å². The Bertz CT molecular complexity index is 223. The van der Waals surface area contributed by atoms with Crippen LogP contribution in [0.15, 0.2) is 0 Å². The van der Waals surface area contributed by atoms with E-state index < -0.39 is 0 Å². The van der Waals surface area contributed by atoms with Crippen molar-refractivity contribution in [3.8, 4) is 12.1 Å². The van der Waals surface area contributed by atoms with Gasteiger partial charge in [-0.25, -0.2) is 0 Å². The molecule has 0 aliphatic carbocycles. The molecule has 1 N–H and O–H groups in total. The lowest BCUT2D eigenvalue weighted by Gasteiger charge is -2.10. The van der Waals surface area contributed by atoms with E-state index in [1.165, 1.54) is 0 Å². The van der Waals surface area contributed by atoms with Crippen molar-refractivity contribution in [1.82, 2.24) is 5.32 Å². The van der Waals surface area contributed by atoms with Crippen molar-refractivity contribution in [3.63, 3.8) is 0 Å². The van der Waals surface area contributed by atoms with Gasteiger partial charge in [-0.3, -0.25) is 0 Å². The summed E-state index contributed by atoms with van der Waals surface area (Å²) in [6.07, 6.45) is 1.27. The van der Waals surface area contributed by atoms with Crippen molar-refractivity contribution >= 4 is 29.7 Å². The van der Waals surface area contributed by atoms with Crippen LogP contribution in [-0.4, -0.2) is 23.6 Å². The first-order valence-corrected chi connectivity index (χ1v) is 10.4. The maximum absolute atomic E-state index is 8.20. The topological polar surface area (TPSA) is 59.6 Å². The Morgan fingerprint density at radius 1 is 0.944 bits per heavy atom. The van der Waals surface area contributed by atoms with Gasteiger partial charge < -0.3 is 5.32 Å². The highest BCUT2D eigenvalue weighted by Crippen LogP contribution is 2.42. The van der Waals surface area contributed by atoms with Gasteiger partial charge in [-0.05, 0) is 6.98 Å². The molecule has 0 fully saturated rings. The molecule has 0 aromatic rings. The van der Waals surface area contributed by atoms with E-state index in [9.17, 15) is 0 Å². The summed E-state index contributed by atoms with van der Waals surface area (Å²) in [6, 6.07) is 5.43. The molecule has 3 nitrogen and oxygen atoms in total. The molecule has 0 spiro atoms. The Kier molecular flexibility index (Phi) is 19.3. The maximum Gasteiger partial charge on any atom is 0.0630 e. The summed E-state index contributed by atoms with van der Waals surface area (Å²) in [5.41, 5.74) is 0. The van der Waals surface area contributed by atoms with Crippen LogP contribution in [0.1, 0.15) is 40.5 Å². The van der Waals surface area contributed by atoms with Crippen molar-refractivity contribution in [2.24, 2.45) is 0 Å². The molecular formula is C12H24N3PS2. The highest BCUT2D eigenvalue weighted by Gasteiger charge is 1.92. The molecule has 104 valence electrons. The van der Waals surface area contributed by atoms with Crippen molar-refractivity contribution in [1.29, 1.82) is 10.5 Å². The lowest BCUT2D eigenvalue weighted by atomic mass is 10.3. The van der Waals surface area contributed by atoms with E-state index in [0.29, 0.717) is 24.9 Å². The minimum Gasteiger partial charge on any atom is -0.312 e. The third-order valence-corrected chi connectivity index (χ3v) is 6.52. The molecule has 0 rings (SSSR count). The Morgan fingerprint density at radius 3 is 1.56 bits per heavy atom. The summed E-state index contributed by atoms with van der Waals surface area (Å²) in [6.45, 7) is 9.39. The van der Waals surface area contributed by atoms with Gasteiger partial charge in [0.2, 0.25) is 0 Å². The van der Waals surface area contributed by atoms with Gasteiger partial charge in [-0.15, -0.1) is 22.8 Å². The largest absolute Gasteiger partial charge is 0.312 e. The predicted octanol–water partition coefficient (Wildman–Crippen LogP) is 4.18. The van der Waals surface area contributed by atoms with E-state index in [4.69, 9.17) is 10.5 Å². The van der Waals surface area contributed by atoms with Gasteiger partial charge in [0.1, 0.15) is 0 Å². The molecule has 6 heteroatoms. The summed E-state index contributed by atoms with van der Waals surface area (Å²) in [7, 11) is 0. The maximum atomic E-state index is 8.20. The molecule has 0 saturated heterocycles. The third-order valence-electron chi connectivity index (χ3n) is 1.42. The van der Waals surface area contributed by atoms with E-state index in [1.807, 2.05) is 0 Å². The van der Waals surface area contributed by atoms with Gasteiger partial charge in [0.25, 0.3) is 0 Å². The second-order valence-electron chi connectivity index (χ2n) is 4.07. The molecule has 0 amide bonds. The number of hydrogen-bond donors (Lipinski definition) is 1. The van der Waals surface area contributed by atoms with E-state index in [1.54, 1.807) is 22.8 Å². The zero-order chi connectivity index (χ0) is 14.2. The van der Waals surface area contributed by atoms with Crippen LogP contribution in [-0.2, 0) is 0 Å². The Morgan fingerprint density at radius 2 is 1.33 bits per heavy atom. The van der Waals surface area contributed by atoms with Crippen molar-refractivity contribution in [2.45, 2.75) is 52.6 Å². The highest BCUT2D eigenvalue weighted by atomic mass is 33.1. The quantitative estimate of drug-likeness (QED) is 0.538. The van der Waals surface area contributed by atoms with Crippen LogP contribution in [0, 0.1) is 22.7 Å². The molecule has 0 heterocycles. The standard InChI is InChI=1S/C6H9N2PS2.C6H15N/c7-3-1-5-10-9-11-6-2-4-8;1-5(2)7-6(3)4/h9H,1-2,5-6H2;5-7H,1-4H3. The first-order chi connectivity index (χ1) is 8.54. The second-order valence-corrected chi connectivity index (χ2v) is 9.37. The number of nitrogens with one attached hydrogen (secondary N) is 1. The molecule has 18 heavy (non-hydrogen) atoms. The summed E-state index contributed by atoms with van der Waals surface area (Å²) in [5.74, 6) is 1.85. The zero-order valence-corrected chi connectivity index (χ0v) is 14.3. The predicted molar refractivity (Wildman–Crippen MR) is 87.1 cm³/mol. The molecule has 0 aliphatic rings. The molecule has 0 aromatic heterocycles. The Labute approximate surface area is 122 Å². The Hall–Kier alpha value is 0.0700. The lowest BCUT2D eigenvalue weighted by molar-refractivity contribution is 0.518. The number of nitrogens with zero attached hydrogens (tertiary/aromatic N) is 2. The van der Waals surface area contributed by atoms with Crippen LogP contribution in [0.4, 0.5) is 0 Å². The van der Waals surface area contributed by atoms with Gasteiger partial charge in [-0.2, -0.15) is 10.5 Å². The fourth-order valence-electron chi connectivity index (χ4n) is 0.985. The van der Waals surface area contributed by atoms with Crippen molar-refractivity contribution in [3.05, 3.63) is 0 Å². The van der Waals surface area contributed by atoms with E-state index in [2.05, 4.69) is 45.2 Å². The SMILES string of the molecule is CC(C)NC(C)C.N#CCCSPSCCC#N. The van der Waals surface area contributed by atoms with Crippen LogP contribution in [0.2, 0.25) is 0 Å². The molecule has 0 aliphatic heterocycles. The number of rotatable bonds is 8. The van der Waals surface area contributed by atoms with Gasteiger partial charge in [0, 0.05) is 36.4 Å². The molecule has 0 saturated carbocycles. The van der Waals surface area contributed by atoms with Crippen LogP contribution in [0.5, 0.6) is 0 Å². The average molecular weight is 305 g/mol. The number of nitriles is 2. The van der Waals surface area contributed by atoms with Crippen molar-refractivity contribution in [2.75, 3.05) is 11.5 Å². The fraction of sp³-hybridized carbons (Fsp3) is 0.833. The van der Waals surface area contributed by atoms with E-state index >= 15 is 0 Å². The van der Waals surface area contributed by atoms with Gasteiger partial charge in [0.05, 0.1) is 12.1 Å². The molecule has 0 bridgehead atoms. The van der Waals surface area contributed by atoms with Crippen LogP contribution in [0.25, 0.3) is 0 Å². The highest BCUT2D eigenvalue weighted by molar-refractivity contribution is 8.82.